The molecule has 0 aliphatic carbocycles. The van der Waals surface area contributed by atoms with E-state index in [0.717, 1.165) is 24.7 Å². The predicted molar refractivity (Wildman–Crippen MR) is 112 cm³/mol. The van der Waals surface area contributed by atoms with Gasteiger partial charge in [-0.2, -0.15) is 13.2 Å². The van der Waals surface area contributed by atoms with Crippen LogP contribution in [0.25, 0.3) is 10.9 Å². The molecule has 2 saturated heterocycles. The number of piperidine rings is 1. The minimum Gasteiger partial charge on any atom is -0.378 e. The second-order valence-corrected chi connectivity index (χ2v) is 8.35. The zero-order valence-corrected chi connectivity index (χ0v) is 17.5. The molecule has 2 fully saturated rings. The second-order valence-electron chi connectivity index (χ2n) is 8.35. The van der Waals surface area contributed by atoms with Crippen LogP contribution in [0.15, 0.2) is 30.5 Å². The standard InChI is InChI=1S/C22H27F3N4O2/c1-15-11-16(27-12-20(30)28-7-9-31-10-8-28)14-29(13-15)19-5-4-18(22(23,24)25)21-17(19)3-2-6-26-21/h2-6,15-16,27H,7-14H2,1H3/t15-,16+/m1/s1. The van der Waals surface area contributed by atoms with E-state index in [0.29, 0.717) is 44.2 Å². The fourth-order valence-corrected chi connectivity index (χ4v) is 4.51. The number of morpholine rings is 1. The van der Waals surface area contributed by atoms with Crippen LogP contribution in [-0.2, 0) is 15.7 Å². The summed E-state index contributed by atoms with van der Waals surface area (Å²) < 4.78 is 45.6. The lowest BCUT2D eigenvalue weighted by atomic mass is 9.94. The van der Waals surface area contributed by atoms with Crippen molar-refractivity contribution in [2.75, 3.05) is 50.8 Å². The molecule has 2 atom stereocenters. The molecule has 1 amide bonds. The lowest BCUT2D eigenvalue weighted by molar-refractivity contribution is -0.136. The summed E-state index contributed by atoms with van der Waals surface area (Å²) in [5.41, 5.74) is -0.00521. The highest BCUT2D eigenvalue weighted by Crippen LogP contribution is 2.38. The Bertz CT molecular complexity index is 931. The lowest BCUT2D eigenvalue weighted by Crippen LogP contribution is -2.52. The van der Waals surface area contributed by atoms with Gasteiger partial charge in [0, 0.05) is 49.5 Å². The number of carbonyl (C=O) groups excluding carboxylic acids is 1. The minimum atomic E-state index is -4.45. The summed E-state index contributed by atoms with van der Waals surface area (Å²) >= 11 is 0. The van der Waals surface area contributed by atoms with E-state index in [2.05, 4.69) is 22.1 Å². The van der Waals surface area contributed by atoms with Crippen LogP contribution in [0.2, 0.25) is 0 Å². The van der Waals surface area contributed by atoms with Crippen LogP contribution >= 0.6 is 0 Å². The molecular formula is C22H27F3N4O2. The maximum Gasteiger partial charge on any atom is 0.418 e. The molecular weight excluding hydrogens is 409 g/mol. The Balaban J connectivity index is 1.51. The van der Waals surface area contributed by atoms with E-state index >= 15 is 0 Å². The largest absolute Gasteiger partial charge is 0.418 e. The van der Waals surface area contributed by atoms with Crippen molar-refractivity contribution in [1.29, 1.82) is 0 Å². The van der Waals surface area contributed by atoms with Gasteiger partial charge in [-0.05, 0) is 36.6 Å². The quantitative estimate of drug-likeness (QED) is 0.799. The van der Waals surface area contributed by atoms with Crippen molar-refractivity contribution in [2.24, 2.45) is 5.92 Å². The molecule has 31 heavy (non-hydrogen) atoms. The number of amides is 1. The summed E-state index contributed by atoms with van der Waals surface area (Å²) in [5.74, 6) is 0.385. The number of ether oxygens (including phenoxy) is 1. The van der Waals surface area contributed by atoms with Crippen LogP contribution in [0.4, 0.5) is 18.9 Å². The first kappa shape index (κ1) is 21.8. The molecule has 2 aliphatic heterocycles. The fraction of sp³-hybridized carbons (Fsp3) is 0.545. The summed E-state index contributed by atoms with van der Waals surface area (Å²) in [6.45, 7) is 6.08. The number of halogens is 3. The van der Waals surface area contributed by atoms with Gasteiger partial charge in [-0.25, -0.2) is 0 Å². The van der Waals surface area contributed by atoms with Crippen molar-refractivity contribution in [1.82, 2.24) is 15.2 Å². The number of nitrogens with one attached hydrogen (secondary N) is 1. The third kappa shape index (κ3) is 4.93. The Labute approximate surface area is 179 Å². The van der Waals surface area contributed by atoms with Crippen LogP contribution < -0.4 is 10.2 Å². The number of pyridine rings is 1. The Morgan fingerprint density at radius 1 is 1.23 bits per heavy atom. The first-order valence-electron chi connectivity index (χ1n) is 10.6. The van der Waals surface area contributed by atoms with Gasteiger partial charge in [0.05, 0.1) is 30.8 Å². The highest BCUT2D eigenvalue weighted by Gasteiger charge is 2.35. The van der Waals surface area contributed by atoms with E-state index in [1.165, 1.54) is 6.20 Å². The lowest BCUT2D eigenvalue weighted by Gasteiger charge is -2.39. The van der Waals surface area contributed by atoms with Gasteiger partial charge in [-0.15, -0.1) is 0 Å². The molecule has 0 radical (unpaired) electrons. The molecule has 0 saturated carbocycles. The number of fused-ring (bicyclic) bond motifs is 1. The van der Waals surface area contributed by atoms with Gasteiger partial charge in [0.15, 0.2) is 0 Å². The Kier molecular flexibility index (Phi) is 6.34. The Hall–Kier alpha value is -2.39. The van der Waals surface area contributed by atoms with E-state index in [1.54, 1.807) is 23.1 Å². The smallest absolute Gasteiger partial charge is 0.378 e. The number of aromatic nitrogens is 1. The third-order valence-electron chi connectivity index (χ3n) is 5.96. The topological polar surface area (TPSA) is 57.7 Å². The van der Waals surface area contributed by atoms with Crippen LogP contribution in [-0.4, -0.2) is 67.8 Å². The highest BCUT2D eigenvalue weighted by atomic mass is 19.4. The maximum atomic E-state index is 13.4. The molecule has 1 N–H and O–H groups in total. The summed E-state index contributed by atoms with van der Waals surface area (Å²) in [6, 6.07) is 6.09. The molecule has 4 rings (SSSR count). The van der Waals surface area contributed by atoms with Gasteiger partial charge in [0.1, 0.15) is 0 Å². The molecule has 6 nitrogen and oxygen atoms in total. The number of hydrogen-bond acceptors (Lipinski definition) is 5. The SMILES string of the molecule is C[C@@H]1C[C@H](NCC(=O)N2CCOCC2)CN(c2ccc(C(F)(F)F)c3ncccc23)C1. The summed E-state index contributed by atoms with van der Waals surface area (Å²) in [4.78, 5) is 20.4. The molecule has 9 heteroatoms. The van der Waals surface area contributed by atoms with E-state index < -0.39 is 11.7 Å². The fourth-order valence-electron chi connectivity index (χ4n) is 4.51. The molecule has 0 bridgehead atoms. The number of benzene rings is 1. The zero-order valence-electron chi connectivity index (χ0n) is 17.5. The predicted octanol–water partition coefficient (Wildman–Crippen LogP) is 2.92. The number of carbonyl (C=O) groups is 1. The van der Waals surface area contributed by atoms with E-state index in [9.17, 15) is 18.0 Å². The normalized spacial score (nSPS) is 22.7. The Morgan fingerprint density at radius 2 is 2.00 bits per heavy atom. The second kappa shape index (κ2) is 9.00. The Morgan fingerprint density at radius 3 is 2.74 bits per heavy atom. The first-order valence-corrected chi connectivity index (χ1v) is 10.6. The third-order valence-corrected chi connectivity index (χ3v) is 5.96. The molecule has 2 aliphatic rings. The molecule has 1 aromatic heterocycles. The van der Waals surface area contributed by atoms with Crippen LogP contribution in [0.1, 0.15) is 18.9 Å². The average Bonchev–Trinajstić information content (AvgIpc) is 2.76. The number of rotatable bonds is 4. The monoisotopic (exact) mass is 436 g/mol. The molecule has 1 aromatic carbocycles. The summed E-state index contributed by atoms with van der Waals surface area (Å²) in [6.07, 6.45) is -2.16. The highest BCUT2D eigenvalue weighted by molar-refractivity contribution is 5.94. The molecule has 0 unspecified atom stereocenters. The van der Waals surface area contributed by atoms with Gasteiger partial charge in [0.2, 0.25) is 5.91 Å². The minimum absolute atomic E-state index is 0.0299. The molecule has 0 spiro atoms. The van der Waals surface area contributed by atoms with Gasteiger partial charge in [-0.1, -0.05) is 6.92 Å². The number of alkyl halides is 3. The van der Waals surface area contributed by atoms with Gasteiger partial charge in [-0.3, -0.25) is 9.78 Å². The maximum absolute atomic E-state index is 13.4. The van der Waals surface area contributed by atoms with E-state index in [4.69, 9.17) is 4.74 Å². The van der Waals surface area contributed by atoms with Crippen molar-refractivity contribution >= 4 is 22.5 Å². The van der Waals surface area contributed by atoms with Gasteiger partial charge in [0.25, 0.3) is 0 Å². The number of anilines is 1. The number of hydrogen-bond donors (Lipinski definition) is 1. The van der Waals surface area contributed by atoms with Crippen molar-refractivity contribution in [2.45, 2.75) is 25.6 Å². The number of nitrogens with zero attached hydrogens (tertiary/aromatic N) is 3. The summed E-state index contributed by atoms with van der Waals surface area (Å²) in [5, 5.41) is 3.86. The van der Waals surface area contributed by atoms with Gasteiger partial charge < -0.3 is 19.9 Å². The first-order chi connectivity index (χ1) is 14.8. The average molecular weight is 436 g/mol. The van der Waals surface area contributed by atoms with Crippen LogP contribution in [0, 0.1) is 5.92 Å². The van der Waals surface area contributed by atoms with Crippen LogP contribution in [0.5, 0.6) is 0 Å². The van der Waals surface area contributed by atoms with E-state index in [1.807, 2.05) is 0 Å². The molecule has 168 valence electrons. The van der Waals surface area contributed by atoms with Crippen molar-refractivity contribution in [3.05, 3.63) is 36.0 Å². The van der Waals surface area contributed by atoms with Crippen molar-refractivity contribution in [3.8, 4) is 0 Å². The van der Waals surface area contributed by atoms with E-state index in [-0.39, 0.29) is 24.0 Å². The molecule has 2 aromatic rings. The molecule has 3 heterocycles. The summed E-state index contributed by atoms with van der Waals surface area (Å²) in [7, 11) is 0. The zero-order chi connectivity index (χ0) is 22.0. The van der Waals surface area contributed by atoms with Crippen LogP contribution in [0.3, 0.4) is 0 Å². The van der Waals surface area contributed by atoms with Gasteiger partial charge >= 0.3 is 6.18 Å². The van der Waals surface area contributed by atoms with Crippen molar-refractivity contribution in [3.63, 3.8) is 0 Å². The van der Waals surface area contributed by atoms with Crippen molar-refractivity contribution < 1.29 is 22.7 Å².